The lowest BCUT2D eigenvalue weighted by Crippen LogP contribution is -2.59. The van der Waals surface area contributed by atoms with E-state index in [1.54, 1.807) is 0 Å². The van der Waals surface area contributed by atoms with Crippen LogP contribution >= 0.6 is 0 Å². The maximum Gasteiger partial charge on any atom is 0.245 e. The van der Waals surface area contributed by atoms with Gasteiger partial charge in [0.25, 0.3) is 0 Å². The Morgan fingerprint density at radius 1 is 1.35 bits per heavy atom. The summed E-state index contributed by atoms with van der Waals surface area (Å²) in [5, 5.41) is 12.5. The molecule has 2 N–H and O–H groups in total. The zero-order valence-corrected chi connectivity index (χ0v) is 11.3. The van der Waals surface area contributed by atoms with Crippen LogP contribution in [-0.4, -0.2) is 47.3 Å². The molecule has 108 valence electrons. The third-order valence-electron chi connectivity index (χ3n) is 3.18. The second-order valence-corrected chi connectivity index (χ2v) is 4.66. The Kier molecular flexibility index (Phi) is 4.70. The maximum atomic E-state index is 12.1. The second kappa shape index (κ2) is 6.49. The van der Waals surface area contributed by atoms with E-state index < -0.39 is 12.3 Å². The minimum absolute atomic E-state index is 0.0298. The summed E-state index contributed by atoms with van der Waals surface area (Å²) in [5.74, 6) is -0.677. The van der Waals surface area contributed by atoms with Gasteiger partial charge in [0.05, 0.1) is 13.2 Å². The Bertz CT molecular complexity index is 477. The molecule has 2 rings (SSSR count). The molecular weight excluding hydrogens is 260 g/mol. The molecule has 1 heterocycles. The van der Waals surface area contributed by atoms with Gasteiger partial charge in [0.2, 0.25) is 11.8 Å². The van der Waals surface area contributed by atoms with Crippen molar-refractivity contribution >= 4 is 11.8 Å². The van der Waals surface area contributed by atoms with Crippen LogP contribution in [0.5, 0.6) is 0 Å². The predicted molar refractivity (Wildman–Crippen MR) is 71.4 cm³/mol. The molecular formula is C14H18N2O4. The van der Waals surface area contributed by atoms with E-state index in [1.165, 1.54) is 6.92 Å². The predicted octanol–water partition coefficient (Wildman–Crippen LogP) is -0.131. The average molecular weight is 278 g/mol. The van der Waals surface area contributed by atoms with Gasteiger partial charge in [-0.05, 0) is 5.56 Å². The number of nitrogens with zero attached hydrogens (tertiary/aromatic N) is 1. The van der Waals surface area contributed by atoms with Crippen molar-refractivity contribution < 1.29 is 19.4 Å². The van der Waals surface area contributed by atoms with Gasteiger partial charge in [0.15, 0.2) is 6.23 Å². The monoisotopic (exact) mass is 278 g/mol. The number of benzene rings is 1. The number of nitrogens with one attached hydrogen (secondary N) is 1. The molecule has 1 aromatic rings. The van der Waals surface area contributed by atoms with E-state index in [2.05, 4.69) is 5.32 Å². The number of hydrogen-bond acceptors (Lipinski definition) is 4. The highest BCUT2D eigenvalue weighted by Crippen LogP contribution is 2.12. The number of ether oxygens (including phenoxy) is 1. The smallest absolute Gasteiger partial charge is 0.245 e. The number of rotatable bonds is 3. The van der Waals surface area contributed by atoms with Crippen LogP contribution in [0.3, 0.4) is 0 Å². The molecule has 0 aromatic heterocycles. The molecule has 1 aliphatic rings. The number of carbonyl (C=O) groups is 2. The Hall–Kier alpha value is -1.92. The van der Waals surface area contributed by atoms with Gasteiger partial charge in [0, 0.05) is 13.5 Å². The van der Waals surface area contributed by atoms with Crippen LogP contribution < -0.4 is 5.32 Å². The molecule has 6 heteroatoms. The molecule has 0 aliphatic carbocycles. The SMILES string of the molecule is CC(=O)N1C(O)COC[C@H]1C(=O)NCc1ccccc1. The van der Waals surface area contributed by atoms with Crippen LogP contribution in [0.2, 0.25) is 0 Å². The van der Waals surface area contributed by atoms with Crippen LogP contribution in [0.15, 0.2) is 30.3 Å². The van der Waals surface area contributed by atoms with E-state index in [0.29, 0.717) is 6.54 Å². The first kappa shape index (κ1) is 14.5. The van der Waals surface area contributed by atoms with E-state index in [9.17, 15) is 14.7 Å². The standard InChI is InChI=1S/C14H18N2O4/c1-10(17)16-12(8-20-9-13(16)18)14(19)15-7-11-5-3-2-4-6-11/h2-6,12-13,18H,7-9H2,1H3,(H,15,19)/t12-,13?/m0/s1. The quantitative estimate of drug-likeness (QED) is 0.807. The van der Waals surface area contributed by atoms with Crippen molar-refractivity contribution in [1.29, 1.82) is 0 Å². The summed E-state index contributed by atoms with van der Waals surface area (Å²) in [6.45, 7) is 1.82. The average Bonchev–Trinajstić information content (AvgIpc) is 2.45. The third kappa shape index (κ3) is 3.34. The van der Waals surface area contributed by atoms with Crippen LogP contribution in [0, 0.1) is 0 Å². The first-order chi connectivity index (χ1) is 9.59. The molecule has 1 saturated heterocycles. The largest absolute Gasteiger partial charge is 0.374 e. The molecule has 1 aliphatic heterocycles. The molecule has 2 amide bonds. The van der Waals surface area contributed by atoms with Gasteiger partial charge in [-0.25, -0.2) is 0 Å². The lowest BCUT2D eigenvalue weighted by atomic mass is 10.1. The summed E-state index contributed by atoms with van der Waals surface area (Å²) in [6, 6.07) is 8.67. The van der Waals surface area contributed by atoms with E-state index in [0.717, 1.165) is 10.5 Å². The van der Waals surface area contributed by atoms with Crippen LogP contribution in [-0.2, 0) is 20.9 Å². The van der Waals surface area contributed by atoms with Crippen molar-refractivity contribution in [3.63, 3.8) is 0 Å². The van der Waals surface area contributed by atoms with E-state index in [-0.39, 0.29) is 25.0 Å². The van der Waals surface area contributed by atoms with Gasteiger partial charge in [-0.3, -0.25) is 9.59 Å². The van der Waals surface area contributed by atoms with Gasteiger partial charge in [0.1, 0.15) is 6.04 Å². The van der Waals surface area contributed by atoms with Crippen molar-refractivity contribution in [2.45, 2.75) is 25.7 Å². The van der Waals surface area contributed by atoms with Gasteiger partial charge in [-0.2, -0.15) is 0 Å². The van der Waals surface area contributed by atoms with Crippen LogP contribution in [0.25, 0.3) is 0 Å². The Morgan fingerprint density at radius 3 is 2.70 bits per heavy atom. The Labute approximate surface area is 117 Å². The number of aliphatic hydroxyl groups excluding tert-OH is 1. The Morgan fingerprint density at radius 2 is 2.05 bits per heavy atom. The summed E-state index contributed by atoms with van der Waals surface area (Å²) in [7, 11) is 0. The molecule has 6 nitrogen and oxygen atoms in total. The fourth-order valence-electron chi connectivity index (χ4n) is 2.19. The van der Waals surface area contributed by atoms with Crippen LogP contribution in [0.1, 0.15) is 12.5 Å². The molecule has 0 radical (unpaired) electrons. The number of amides is 2. The number of carbonyl (C=O) groups excluding carboxylic acids is 2. The fourth-order valence-corrected chi connectivity index (χ4v) is 2.19. The van der Waals surface area contributed by atoms with E-state index >= 15 is 0 Å². The summed E-state index contributed by atoms with van der Waals surface area (Å²) in [4.78, 5) is 24.8. The fraction of sp³-hybridized carbons (Fsp3) is 0.429. The summed E-state index contributed by atoms with van der Waals surface area (Å²) in [5.41, 5.74) is 0.965. The third-order valence-corrected chi connectivity index (χ3v) is 3.18. The number of hydrogen-bond donors (Lipinski definition) is 2. The van der Waals surface area contributed by atoms with Crippen LogP contribution in [0.4, 0.5) is 0 Å². The van der Waals surface area contributed by atoms with Crippen molar-refractivity contribution in [1.82, 2.24) is 10.2 Å². The Balaban J connectivity index is 1.98. The highest BCUT2D eigenvalue weighted by molar-refractivity contribution is 5.87. The zero-order valence-electron chi connectivity index (χ0n) is 11.3. The molecule has 1 fully saturated rings. The summed E-state index contributed by atoms with van der Waals surface area (Å²) >= 11 is 0. The van der Waals surface area contributed by atoms with Crippen molar-refractivity contribution in [2.24, 2.45) is 0 Å². The maximum absolute atomic E-state index is 12.1. The molecule has 0 bridgehead atoms. The number of aliphatic hydroxyl groups is 1. The summed E-state index contributed by atoms with van der Waals surface area (Å²) < 4.78 is 5.14. The lowest BCUT2D eigenvalue weighted by Gasteiger charge is -2.37. The molecule has 0 spiro atoms. The first-order valence-corrected chi connectivity index (χ1v) is 6.46. The molecule has 2 atom stereocenters. The van der Waals surface area contributed by atoms with E-state index in [4.69, 9.17) is 4.74 Å². The normalized spacial score (nSPS) is 22.4. The minimum Gasteiger partial charge on any atom is -0.374 e. The zero-order chi connectivity index (χ0) is 14.5. The highest BCUT2D eigenvalue weighted by atomic mass is 16.5. The van der Waals surface area contributed by atoms with E-state index in [1.807, 2.05) is 30.3 Å². The summed E-state index contributed by atoms with van der Waals surface area (Å²) in [6.07, 6.45) is -1.08. The number of morpholine rings is 1. The molecule has 20 heavy (non-hydrogen) atoms. The lowest BCUT2D eigenvalue weighted by molar-refractivity contribution is -0.173. The van der Waals surface area contributed by atoms with Gasteiger partial charge < -0.3 is 20.1 Å². The minimum atomic E-state index is -1.08. The molecule has 1 unspecified atom stereocenters. The van der Waals surface area contributed by atoms with Crippen molar-refractivity contribution in [2.75, 3.05) is 13.2 Å². The van der Waals surface area contributed by atoms with Gasteiger partial charge in [-0.1, -0.05) is 30.3 Å². The topological polar surface area (TPSA) is 78.9 Å². The van der Waals surface area contributed by atoms with Gasteiger partial charge in [-0.15, -0.1) is 0 Å². The van der Waals surface area contributed by atoms with Crippen molar-refractivity contribution in [3.8, 4) is 0 Å². The molecule has 0 saturated carbocycles. The second-order valence-electron chi connectivity index (χ2n) is 4.66. The molecule has 1 aromatic carbocycles. The van der Waals surface area contributed by atoms with Crippen molar-refractivity contribution in [3.05, 3.63) is 35.9 Å². The first-order valence-electron chi connectivity index (χ1n) is 6.46. The van der Waals surface area contributed by atoms with Gasteiger partial charge >= 0.3 is 0 Å². The highest BCUT2D eigenvalue weighted by Gasteiger charge is 2.36.